The molecule has 0 spiro atoms. The number of nitrogens with one attached hydrogen (secondary N) is 1. The van der Waals surface area contributed by atoms with Gasteiger partial charge in [0.15, 0.2) is 0 Å². The quantitative estimate of drug-likeness (QED) is 0.573. The van der Waals surface area contributed by atoms with Crippen LogP contribution in [0, 0.1) is 5.41 Å². The Morgan fingerprint density at radius 2 is 1.91 bits per heavy atom. The lowest BCUT2D eigenvalue weighted by molar-refractivity contribution is 0.339. The Hall–Kier alpha value is -0.0800. The minimum atomic E-state index is 0.306. The maximum Gasteiger partial charge on any atom is -0.00253 e. The standard InChI is InChI=1S/C9H22N2/c1-4-6-11-7-5-9(2,3)8-10/h11H,4-8,10H2,1-3H3. The highest BCUT2D eigenvalue weighted by Gasteiger charge is 2.13. The van der Waals surface area contributed by atoms with Crippen molar-refractivity contribution in [1.82, 2.24) is 5.32 Å². The Bertz CT molecular complexity index is 89.6. The van der Waals surface area contributed by atoms with Gasteiger partial charge in [-0.2, -0.15) is 0 Å². The zero-order valence-corrected chi connectivity index (χ0v) is 8.11. The van der Waals surface area contributed by atoms with E-state index >= 15 is 0 Å². The van der Waals surface area contributed by atoms with Crippen molar-refractivity contribution in [2.75, 3.05) is 19.6 Å². The monoisotopic (exact) mass is 158 g/mol. The van der Waals surface area contributed by atoms with Crippen molar-refractivity contribution < 1.29 is 0 Å². The fraction of sp³-hybridized carbons (Fsp3) is 1.00. The van der Waals surface area contributed by atoms with Crippen LogP contribution in [0.15, 0.2) is 0 Å². The molecule has 0 aliphatic rings. The zero-order chi connectivity index (χ0) is 8.74. The lowest BCUT2D eigenvalue weighted by Crippen LogP contribution is -2.28. The SMILES string of the molecule is CCCNCCC(C)(C)CN. The van der Waals surface area contributed by atoms with Crippen LogP contribution in [-0.2, 0) is 0 Å². The average molecular weight is 158 g/mol. The van der Waals surface area contributed by atoms with Crippen LogP contribution in [0.25, 0.3) is 0 Å². The van der Waals surface area contributed by atoms with Crippen LogP contribution in [0.2, 0.25) is 0 Å². The minimum Gasteiger partial charge on any atom is -0.330 e. The highest BCUT2D eigenvalue weighted by Crippen LogP contribution is 2.16. The van der Waals surface area contributed by atoms with Gasteiger partial charge in [-0.25, -0.2) is 0 Å². The van der Waals surface area contributed by atoms with Gasteiger partial charge >= 0.3 is 0 Å². The topological polar surface area (TPSA) is 38.0 Å². The van der Waals surface area contributed by atoms with Crippen LogP contribution < -0.4 is 11.1 Å². The Kier molecular flexibility index (Phi) is 5.51. The lowest BCUT2D eigenvalue weighted by Gasteiger charge is -2.22. The van der Waals surface area contributed by atoms with Crippen molar-refractivity contribution in [2.45, 2.75) is 33.6 Å². The predicted molar refractivity (Wildman–Crippen MR) is 50.6 cm³/mol. The highest BCUT2D eigenvalue weighted by molar-refractivity contribution is 4.69. The third kappa shape index (κ3) is 6.32. The fourth-order valence-corrected chi connectivity index (χ4v) is 0.831. The predicted octanol–water partition coefficient (Wildman–Crippen LogP) is 1.36. The van der Waals surface area contributed by atoms with Crippen LogP contribution >= 0.6 is 0 Å². The van der Waals surface area contributed by atoms with E-state index in [2.05, 4.69) is 26.1 Å². The van der Waals surface area contributed by atoms with Gasteiger partial charge in [0.25, 0.3) is 0 Å². The van der Waals surface area contributed by atoms with Gasteiger partial charge in [0, 0.05) is 0 Å². The van der Waals surface area contributed by atoms with Crippen LogP contribution in [0.1, 0.15) is 33.6 Å². The average Bonchev–Trinajstić information content (AvgIpc) is 1.99. The van der Waals surface area contributed by atoms with Gasteiger partial charge in [0.05, 0.1) is 0 Å². The van der Waals surface area contributed by atoms with E-state index in [1.807, 2.05) is 0 Å². The normalized spacial score (nSPS) is 12.0. The zero-order valence-electron chi connectivity index (χ0n) is 8.11. The Balaban J connectivity index is 3.23. The molecular weight excluding hydrogens is 136 g/mol. The molecule has 0 fully saturated rings. The van der Waals surface area contributed by atoms with E-state index in [1.54, 1.807) is 0 Å². The first-order chi connectivity index (χ1) is 5.12. The van der Waals surface area contributed by atoms with E-state index in [1.165, 1.54) is 12.8 Å². The summed E-state index contributed by atoms with van der Waals surface area (Å²) in [6.45, 7) is 9.60. The maximum absolute atomic E-state index is 5.59. The lowest BCUT2D eigenvalue weighted by atomic mass is 9.90. The number of rotatable bonds is 6. The Morgan fingerprint density at radius 3 is 2.36 bits per heavy atom. The summed E-state index contributed by atoms with van der Waals surface area (Å²) < 4.78 is 0. The van der Waals surface area contributed by atoms with Crippen molar-refractivity contribution in [3.05, 3.63) is 0 Å². The highest BCUT2D eigenvalue weighted by atomic mass is 14.8. The summed E-state index contributed by atoms with van der Waals surface area (Å²) in [5, 5.41) is 3.37. The summed E-state index contributed by atoms with van der Waals surface area (Å²) in [4.78, 5) is 0. The van der Waals surface area contributed by atoms with E-state index in [9.17, 15) is 0 Å². The van der Waals surface area contributed by atoms with Gasteiger partial charge in [-0.05, 0) is 37.9 Å². The summed E-state index contributed by atoms with van der Waals surface area (Å²) >= 11 is 0. The molecule has 0 aliphatic carbocycles. The third-order valence-corrected chi connectivity index (χ3v) is 1.96. The summed E-state index contributed by atoms with van der Waals surface area (Å²) in [6, 6.07) is 0. The summed E-state index contributed by atoms with van der Waals surface area (Å²) in [6.07, 6.45) is 2.38. The maximum atomic E-state index is 5.59. The molecule has 0 saturated heterocycles. The van der Waals surface area contributed by atoms with Crippen molar-refractivity contribution in [3.8, 4) is 0 Å². The van der Waals surface area contributed by atoms with E-state index < -0.39 is 0 Å². The molecular formula is C9H22N2. The Morgan fingerprint density at radius 1 is 1.27 bits per heavy atom. The largest absolute Gasteiger partial charge is 0.330 e. The van der Waals surface area contributed by atoms with Crippen LogP contribution in [-0.4, -0.2) is 19.6 Å². The summed E-state index contributed by atoms with van der Waals surface area (Å²) in [5.41, 5.74) is 5.90. The third-order valence-electron chi connectivity index (χ3n) is 1.96. The molecule has 0 aromatic carbocycles. The van der Waals surface area contributed by atoms with Crippen molar-refractivity contribution in [1.29, 1.82) is 0 Å². The van der Waals surface area contributed by atoms with Gasteiger partial charge in [0.2, 0.25) is 0 Å². The molecule has 0 rings (SSSR count). The van der Waals surface area contributed by atoms with Crippen LogP contribution in [0.4, 0.5) is 0 Å². The molecule has 2 nitrogen and oxygen atoms in total. The molecule has 3 N–H and O–H groups in total. The Labute approximate surface area is 70.5 Å². The van der Waals surface area contributed by atoms with Crippen LogP contribution in [0.5, 0.6) is 0 Å². The number of hydrogen-bond donors (Lipinski definition) is 2. The van der Waals surface area contributed by atoms with Gasteiger partial charge < -0.3 is 11.1 Å². The molecule has 0 aromatic rings. The molecule has 68 valence electrons. The molecule has 0 aliphatic heterocycles. The van der Waals surface area contributed by atoms with Crippen molar-refractivity contribution in [2.24, 2.45) is 11.1 Å². The molecule has 2 heteroatoms. The molecule has 0 amide bonds. The van der Waals surface area contributed by atoms with Crippen LogP contribution in [0.3, 0.4) is 0 Å². The van der Waals surface area contributed by atoms with Gasteiger partial charge in [-0.15, -0.1) is 0 Å². The smallest absolute Gasteiger partial charge is 0.00253 e. The second kappa shape index (κ2) is 5.56. The summed E-state index contributed by atoms with van der Waals surface area (Å²) in [5.74, 6) is 0. The molecule has 0 bridgehead atoms. The first-order valence-electron chi connectivity index (χ1n) is 4.53. The molecule has 0 radical (unpaired) electrons. The molecule has 0 saturated carbocycles. The van der Waals surface area contributed by atoms with E-state index in [0.29, 0.717) is 5.41 Å². The molecule has 0 aromatic heterocycles. The molecule has 0 atom stereocenters. The molecule has 0 unspecified atom stereocenters. The number of hydrogen-bond acceptors (Lipinski definition) is 2. The van der Waals surface area contributed by atoms with Crippen molar-refractivity contribution >= 4 is 0 Å². The van der Waals surface area contributed by atoms with Gasteiger partial charge in [-0.1, -0.05) is 20.8 Å². The number of nitrogens with two attached hydrogens (primary N) is 1. The van der Waals surface area contributed by atoms with Gasteiger partial charge in [-0.3, -0.25) is 0 Å². The van der Waals surface area contributed by atoms with E-state index in [0.717, 1.165) is 19.6 Å². The second-order valence-electron chi connectivity index (χ2n) is 3.87. The fourth-order valence-electron chi connectivity index (χ4n) is 0.831. The first kappa shape index (κ1) is 10.9. The molecule has 0 heterocycles. The van der Waals surface area contributed by atoms with E-state index in [-0.39, 0.29) is 0 Å². The van der Waals surface area contributed by atoms with Crippen molar-refractivity contribution in [3.63, 3.8) is 0 Å². The minimum absolute atomic E-state index is 0.306. The summed E-state index contributed by atoms with van der Waals surface area (Å²) in [7, 11) is 0. The first-order valence-corrected chi connectivity index (χ1v) is 4.53. The molecule has 11 heavy (non-hydrogen) atoms. The second-order valence-corrected chi connectivity index (χ2v) is 3.87. The van der Waals surface area contributed by atoms with Gasteiger partial charge in [0.1, 0.15) is 0 Å². The van der Waals surface area contributed by atoms with E-state index in [4.69, 9.17) is 5.73 Å².